The van der Waals surface area contributed by atoms with Gasteiger partial charge in [-0.1, -0.05) is 21.1 Å². The Balaban J connectivity index is 2.54. The lowest BCUT2D eigenvalue weighted by Crippen LogP contribution is -2.15. The molecule has 0 atom stereocenters. The Morgan fingerprint density at radius 1 is 1.60 bits per heavy atom. The zero-order valence-electron chi connectivity index (χ0n) is 7.78. The van der Waals surface area contributed by atoms with E-state index in [0.29, 0.717) is 0 Å². The van der Waals surface area contributed by atoms with E-state index >= 15 is 0 Å². The topological polar surface area (TPSA) is 67.8 Å². The zero-order chi connectivity index (χ0) is 11.3. The summed E-state index contributed by atoms with van der Waals surface area (Å²) >= 11 is 3.20. The number of nitrogens with zero attached hydrogens (tertiary/aromatic N) is 1. The van der Waals surface area contributed by atoms with E-state index in [9.17, 15) is 4.39 Å². The third kappa shape index (κ3) is 3.75. The predicted octanol–water partition coefficient (Wildman–Crippen LogP) is 2.10. The Kier molecular flexibility index (Phi) is 4.36. The summed E-state index contributed by atoms with van der Waals surface area (Å²) in [6.07, 6.45) is 0.239. The van der Waals surface area contributed by atoms with E-state index < -0.39 is 5.82 Å². The van der Waals surface area contributed by atoms with E-state index in [1.54, 1.807) is 6.07 Å². The van der Waals surface area contributed by atoms with Crippen molar-refractivity contribution in [2.45, 2.75) is 6.42 Å². The Morgan fingerprint density at radius 3 is 3.00 bits per heavy atom. The number of nitrogens with two attached hydrogens (primary N) is 1. The highest BCUT2D eigenvalue weighted by Crippen LogP contribution is 2.22. The molecule has 0 heterocycles. The molecule has 0 saturated heterocycles. The van der Waals surface area contributed by atoms with Gasteiger partial charge in [-0.05, 0) is 18.2 Å². The highest BCUT2D eigenvalue weighted by molar-refractivity contribution is 9.10. The molecule has 0 amide bonds. The van der Waals surface area contributed by atoms with Gasteiger partial charge < -0.3 is 15.7 Å². The molecule has 4 nitrogen and oxygen atoms in total. The third-order valence-electron chi connectivity index (χ3n) is 1.64. The van der Waals surface area contributed by atoms with Crippen LogP contribution in [0.5, 0.6) is 5.75 Å². The number of halogens is 2. The van der Waals surface area contributed by atoms with E-state index in [4.69, 9.17) is 15.7 Å². The highest BCUT2D eigenvalue weighted by Gasteiger charge is 2.04. The standard InChI is InChI=1S/C9H10BrFN2O2/c10-6-1-2-7(11)8(5-6)15-4-3-9(12)13-14/h1-2,5,14H,3-4H2,(H2,12,13). The smallest absolute Gasteiger partial charge is 0.165 e. The van der Waals surface area contributed by atoms with Crippen molar-refractivity contribution in [1.29, 1.82) is 0 Å². The number of hydrogen-bond donors (Lipinski definition) is 2. The minimum Gasteiger partial charge on any atom is -0.490 e. The molecule has 82 valence electrons. The zero-order valence-corrected chi connectivity index (χ0v) is 9.37. The molecule has 0 aliphatic carbocycles. The second kappa shape index (κ2) is 5.55. The molecule has 0 bridgehead atoms. The molecule has 6 heteroatoms. The number of ether oxygens (including phenoxy) is 1. The van der Waals surface area contributed by atoms with Crippen molar-refractivity contribution in [2.24, 2.45) is 10.9 Å². The van der Waals surface area contributed by atoms with Crippen LogP contribution in [-0.4, -0.2) is 17.6 Å². The van der Waals surface area contributed by atoms with Gasteiger partial charge in [-0.25, -0.2) is 4.39 Å². The van der Waals surface area contributed by atoms with Gasteiger partial charge in [0.1, 0.15) is 5.84 Å². The monoisotopic (exact) mass is 276 g/mol. The van der Waals surface area contributed by atoms with Crippen LogP contribution in [0.4, 0.5) is 4.39 Å². The lowest BCUT2D eigenvalue weighted by atomic mass is 10.3. The van der Waals surface area contributed by atoms with Crippen LogP contribution in [0.3, 0.4) is 0 Å². The van der Waals surface area contributed by atoms with Crippen LogP contribution in [0.2, 0.25) is 0 Å². The lowest BCUT2D eigenvalue weighted by Gasteiger charge is -2.06. The normalized spacial score (nSPS) is 11.5. The first kappa shape index (κ1) is 11.8. The molecule has 0 spiro atoms. The van der Waals surface area contributed by atoms with Crippen molar-refractivity contribution in [2.75, 3.05) is 6.61 Å². The summed E-state index contributed by atoms with van der Waals surface area (Å²) < 4.78 is 19.0. The van der Waals surface area contributed by atoms with Crippen molar-refractivity contribution < 1.29 is 14.3 Å². The summed E-state index contributed by atoms with van der Waals surface area (Å²) in [5.41, 5.74) is 5.22. The molecule has 0 unspecified atom stereocenters. The average Bonchev–Trinajstić information content (AvgIpc) is 2.23. The molecule has 15 heavy (non-hydrogen) atoms. The Hall–Kier alpha value is -1.30. The summed E-state index contributed by atoms with van der Waals surface area (Å²) in [6.45, 7) is 0.156. The van der Waals surface area contributed by atoms with Crippen LogP contribution in [0.15, 0.2) is 27.8 Å². The molecule has 3 N–H and O–H groups in total. The minimum absolute atomic E-state index is 0.0467. The van der Waals surface area contributed by atoms with Crippen LogP contribution in [0.25, 0.3) is 0 Å². The van der Waals surface area contributed by atoms with Gasteiger partial charge in [-0.15, -0.1) is 0 Å². The number of benzene rings is 1. The molecular weight excluding hydrogens is 267 g/mol. The molecule has 0 fully saturated rings. The summed E-state index contributed by atoms with van der Waals surface area (Å²) in [5.74, 6) is -0.266. The highest BCUT2D eigenvalue weighted by atomic mass is 79.9. The van der Waals surface area contributed by atoms with Crippen LogP contribution in [-0.2, 0) is 0 Å². The summed E-state index contributed by atoms with van der Waals surface area (Å²) in [6, 6.07) is 4.39. The molecule has 1 aromatic rings. The summed E-state index contributed by atoms with van der Waals surface area (Å²) in [7, 11) is 0. The van der Waals surface area contributed by atoms with Gasteiger partial charge in [0.15, 0.2) is 11.6 Å². The number of hydrogen-bond acceptors (Lipinski definition) is 3. The van der Waals surface area contributed by atoms with Crippen molar-refractivity contribution in [3.05, 3.63) is 28.5 Å². The molecule has 0 aromatic heterocycles. The van der Waals surface area contributed by atoms with Crippen molar-refractivity contribution in [3.63, 3.8) is 0 Å². The summed E-state index contributed by atoms with van der Waals surface area (Å²) in [5, 5.41) is 11.0. The maximum atomic E-state index is 13.1. The molecule has 0 aliphatic rings. The number of oxime groups is 1. The van der Waals surface area contributed by atoms with Crippen LogP contribution < -0.4 is 10.5 Å². The number of amidine groups is 1. The fourth-order valence-corrected chi connectivity index (χ4v) is 1.24. The van der Waals surface area contributed by atoms with Crippen LogP contribution in [0.1, 0.15) is 6.42 Å². The fraction of sp³-hybridized carbons (Fsp3) is 0.222. The van der Waals surface area contributed by atoms with Gasteiger partial charge in [0.25, 0.3) is 0 Å². The fourth-order valence-electron chi connectivity index (χ4n) is 0.903. The maximum Gasteiger partial charge on any atom is 0.165 e. The van der Waals surface area contributed by atoms with Gasteiger partial charge >= 0.3 is 0 Å². The van der Waals surface area contributed by atoms with Gasteiger partial charge in [0, 0.05) is 10.9 Å². The Morgan fingerprint density at radius 2 is 2.33 bits per heavy atom. The SMILES string of the molecule is N/C(CCOc1cc(Br)ccc1F)=N/O. The lowest BCUT2D eigenvalue weighted by molar-refractivity contribution is 0.298. The van der Waals surface area contributed by atoms with Gasteiger partial charge in [0.2, 0.25) is 0 Å². The van der Waals surface area contributed by atoms with Crippen LogP contribution >= 0.6 is 15.9 Å². The molecule has 1 rings (SSSR count). The average molecular weight is 277 g/mol. The summed E-state index contributed by atoms with van der Waals surface area (Å²) in [4.78, 5) is 0. The molecule has 1 aromatic carbocycles. The van der Waals surface area contributed by atoms with E-state index in [2.05, 4.69) is 21.1 Å². The van der Waals surface area contributed by atoms with E-state index in [1.165, 1.54) is 12.1 Å². The molecule has 0 radical (unpaired) electrons. The van der Waals surface area contributed by atoms with E-state index in [0.717, 1.165) is 4.47 Å². The Bertz CT molecular complexity index is 371. The minimum atomic E-state index is -0.447. The quantitative estimate of drug-likeness (QED) is 0.383. The maximum absolute atomic E-state index is 13.1. The largest absolute Gasteiger partial charge is 0.490 e. The molecule has 0 saturated carbocycles. The van der Waals surface area contributed by atoms with E-state index in [-0.39, 0.29) is 24.6 Å². The second-order valence-corrected chi connectivity index (χ2v) is 3.68. The number of rotatable bonds is 4. The van der Waals surface area contributed by atoms with Gasteiger partial charge in [-0.2, -0.15) is 0 Å². The van der Waals surface area contributed by atoms with Crippen molar-refractivity contribution >= 4 is 21.8 Å². The van der Waals surface area contributed by atoms with Gasteiger partial charge in [0.05, 0.1) is 6.61 Å². The predicted molar refractivity (Wildman–Crippen MR) is 57.6 cm³/mol. The molecule has 0 aliphatic heterocycles. The Labute approximate surface area is 94.7 Å². The van der Waals surface area contributed by atoms with E-state index in [1.807, 2.05) is 0 Å². The van der Waals surface area contributed by atoms with Crippen molar-refractivity contribution in [3.8, 4) is 5.75 Å². The van der Waals surface area contributed by atoms with Crippen molar-refractivity contribution in [1.82, 2.24) is 0 Å². The second-order valence-electron chi connectivity index (χ2n) is 2.76. The first-order chi connectivity index (χ1) is 7.13. The first-order valence-corrected chi connectivity index (χ1v) is 4.97. The van der Waals surface area contributed by atoms with Gasteiger partial charge in [-0.3, -0.25) is 0 Å². The third-order valence-corrected chi connectivity index (χ3v) is 2.13. The molecular formula is C9H10BrFN2O2. The first-order valence-electron chi connectivity index (χ1n) is 4.17. The van der Waals surface area contributed by atoms with Crippen LogP contribution in [0, 0.1) is 5.82 Å².